The Morgan fingerprint density at radius 3 is 1.70 bits per heavy atom. The van der Waals surface area contributed by atoms with Gasteiger partial charge in [0.2, 0.25) is 0 Å². The van der Waals surface area contributed by atoms with Crippen LogP contribution in [0.3, 0.4) is 0 Å². The van der Waals surface area contributed by atoms with E-state index in [1.807, 2.05) is 24.3 Å². The quantitative estimate of drug-likeness (QED) is 0.182. The molecule has 2 aromatic heterocycles. The van der Waals surface area contributed by atoms with Crippen LogP contribution in [0.1, 0.15) is 0 Å². The summed E-state index contributed by atoms with van der Waals surface area (Å²) in [5.41, 5.74) is 11.6. The second-order valence-electron chi connectivity index (χ2n) is 13.7. The molecule has 0 aliphatic rings. The molecule has 3 nitrogen and oxygen atoms in total. The van der Waals surface area contributed by atoms with Crippen molar-refractivity contribution in [2.45, 2.75) is 0 Å². The van der Waals surface area contributed by atoms with Crippen LogP contribution in [-0.2, 0) is 0 Å². The van der Waals surface area contributed by atoms with Crippen molar-refractivity contribution in [2.24, 2.45) is 0 Å². The van der Waals surface area contributed by atoms with Gasteiger partial charge in [-0.15, -0.1) is 0 Å². The summed E-state index contributed by atoms with van der Waals surface area (Å²) in [6.45, 7) is 0. The molecule has 248 valence electrons. The Labute approximate surface area is 305 Å². The van der Waals surface area contributed by atoms with E-state index in [0.717, 1.165) is 61.1 Å². The van der Waals surface area contributed by atoms with Crippen molar-refractivity contribution in [3.8, 4) is 22.3 Å². The van der Waals surface area contributed by atoms with Gasteiger partial charge in [0.1, 0.15) is 22.3 Å². The predicted octanol–water partition coefficient (Wildman–Crippen LogP) is 14.6. The molecular formula is C50H31NO2. The fourth-order valence-corrected chi connectivity index (χ4v) is 8.10. The summed E-state index contributed by atoms with van der Waals surface area (Å²) in [7, 11) is 0. The number of para-hydroxylation sites is 2. The van der Waals surface area contributed by atoms with E-state index >= 15 is 0 Å². The van der Waals surface area contributed by atoms with Crippen LogP contribution in [-0.4, -0.2) is 0 Å². The molecule has 0 unspecified atom stereocenters. The first-order valence-corrected chi connectivity index (χ1v) is 18.0. The highest BCUT2D eigenvalue weighted by molar-refractivity contribution is 6.19. The van der Waals surface area contributed by atoms with Crippen LogP contribution in [0.15, 0.2) is 197 Å². The minimum absolute atomic E-state index is 0.883. The molecule has 3 heteroatoms. The average Bonchev–Trinajstić information content (AvgIpc) is 3.80. The van der Waals surface area contributed by atoms with Gasteiger partial charge in [-0.3, -0.25) is 0 Å². The average molecular weight is 678 g/mol. The molecule has 0 aliphatic carbocycles. The van der Waals surface area contributed by atoms with Crippen molar-refractivity contribution in [2.75, 3.05) is 4.90 Å². The summed E-state index contributed by atoms with van der Waals surface area (Å²) in [4.78, 5) is 2.33. The highest BCUT2D eigenvalue weighted by Crippen LogP contribution is 2.41. The van der Waals surface area contributed by atoms with Crippen LogP contribution in [0.25, 0.3) is 87.7 Å². The summed E-state index contributed by atoms with van der Waals surface area (Å²) >= 11 is 0. The van der Waals surface area contributed by atoms with E-state index < -0.39 is 0 Å². The zero-order chi connectivity index (χ0) is 34.9. The third-order valence-corrected chi connectivity index (χ3v) is 10.7. The Bertz CT molecular complexity index is 3160. The van der Waals surface area contributed by atoms with Crippen molar-refractivity contribution in [1.82, 2.24) is 0 Å². The lowest BCUT2D eigenvalue weighted by Crippen LogP contribution is -2.09. The zero-order valence-electron chi connectivity index (χ0n) is 28.7. The molecule has 0 amide bonds. The molecule has 0 spiro atoms. The zero-order valence-corrected chi connectivity index (χ0v) is 28.7. The van der Waals surface area contributed by atoms with Gasteiger partial charge in [-0.1, -0.05) is 121 Å². The number of nitrogens with zero attached hydrogens (tertiary/aromatic N) is 1. The number of benzene rings is 9. The number of furan rings is 2. The van der Waals surface area contributed by atoms with Gasteiger partial charge in [0.15, 0.2) is 0 Å². The van der Waals surface area contributed by atoms with E-state index in [0.29, 0.717) is 0 Å². The molecule has 0 atom stereocenters. The number of rotatable bonds is 5. The van der Waals surface area contributed by atoms with E-state index in [1.54, 1.807) is 0 Å². The van der Waals surface area contributed by atoms with Crippen LogP contribution >= 0.6 is 0 Å². The van der Waals surface area contributed by atoms with Crippen molar-refractivity contribution in [3.05, 3.63) is 188 Å². The van der Waals surface area contributed by atoms with Crippen LogP contribution in [0, 0.1) is 0 Å². The smallest absolute Gasteiger partial charge is 0.136 e. The van der Waals surface area contributed by atoms with Crippen molar-refractivity contribution in [1.29, 1.82) is 0 Å². The van der Waals surface area contributed by atoms with Crippen LogP contribution in [0.4, 0.5) is 17.1 Å². The van der Waals surface area contributed by atoms with Crippen LogP contribution < -0.4 is 4.90 Å². The van der Waals surface area contributed by atoms with Gasteiger partial charge in [-0.25, -0.2) is 0 Å². The second kappa shape index (κ2) is 11.7. The van der Waals surface area contributed by atoms with Crippen molar-refractivity contribution >= 4 is 82.5 Å². The van der Waals surface area contributed by atoms with Gasteiger partial charge >= 0.3 is 0 Å². The predicted molar refractivity (Wildman–Crippen MR) is 222 cm³/mol. The molecule has 53 heavy (non-hydrogen) atoms. The Hall–Kier alpha value is -7.10. The lowest BCUT2D eigenvalue weighted by molar-refractivity contribution is 0.668. The summed E-state index contributed by atoms with van der Waals surface area (Å²) in [6.07, 6.45) is 0. The number of anilines is 3. The van der Waals surface area contributed by atoms with Crippen LogP contribution in [0.2, 0.25) is 0 Å². The molecule has 0 N–H and O–H groups in total. The molecule has 0 radical (unpaired) electrons. The molecule has 0 saturated heterocycles. The van der Waals surface area contributed by atoms with Crippen molar-refractivity contribution in [3.63, 3.8) is 0 Å². The molecule has 11 rings (SSSR count). The highest BCUT2D eigenvalue weighted by Gasteiger charge is 2.17. The standard InChI is InChI=1S/C50H31NO2/c1-2-10-40-33(8-1)9-7-13-41(40)34-18-24-38(25-19-34)51(39-26-29-48-45(31-39)43-11-3-5-14-46(43)52-48)37-22-16-32(17-23-37)35-20-27-42-36(30-35)21-28-49-50(42)44-12-4-6-15-47(44)53-49/h1-31H. The van der Waals surface area contributed by atoms with E-state index in [9.17, 15) is 0 Å². The summed E-state index contributed by atoms with van der Waals surface area (Å²) in [5, 5.41) is 9.43. The molecular weight excluding hydrogens is 647 g/mol. The monoisotopic (exact) mass is 677 g/mol. The minimum Gasteiger partial charge on any atom is -0.456 e. The maximum atomic E-state index is 6.21. The molecule has 0 aliphatic heterocycles. The topological polar surface area (TPSA) is 29.5 Å². The van der Waals surface area contributed by atoms with E-state index in [4.69, 9.17) is 8.83 Å². The number of fused-ring (bicyclic) bond motifs is 9. The van der Waals surface area contributed by atoms with Gasteiger partial charge in [0, 0.05) is 38.6 Å². The van der Waals surface area contributed by atoms with Crippen LogP contribution in [0.5, 0.6) is 0 Å². The first-order chi connectivity index (χ1) is 26.2. The maximum Gasteiger partial charge on any atom is 0.136 e. The van der Waals surface area contributed by atoms with E-state index in [1.165, 1.54) is 43.6 Å². The van der Waals surface area contributed by atoms with Crippen molar-refractivity contribution < 1.29 is 8.83 Å². The number of hydrogen-bond acceptors (Lipinski definition) is 3. The fraction of sp³-hybridized carbons (Fsp3) is 0. The third kappa shape index (κ3) is 4.82. The first kappa shape index (κ1) is 29.6. The van der Waals surface area contributed by atoms with Gasteiger partial charge < -0.3 is 13.7 Å². The molecule has 11 aromatic rings. The Kier molecular flexibility index (Phi) is 6.55. The van der Waals surface area contributed by atoms with Gasteiger partial charge in [0.25, 0.3) is 0 Å². The summed E-state index contributed by atoms with van der Waals surface area (Å²) in [6, 6.07) is 66.9. The maximum absolute atomic E-state index is 6.21. The Morgan fingerprint density at radius 2 is 0.887 bits per heavy atom. The highest BCUT2D eigenvalue weighted by atomic mass is 16.3. The van der Waals surface area contributed by atoms with Gasteiger partial charge in [-0.05, 0) is 111 Å². The molecule has 2 heterocycles. The summed E-state index contributed by atoms with van der Waals surface area (Å²) in [5.74, 6) is 0. The van der Waals surface area contributed by atoms with Gasteiger partial charge in [-0.2, -0.15) is 0 Å². The SMILES string of the molecule is c1ccc2c(-c3ccc(N(c4ccc(-c5ccc6c(ccc7oc8ccccc8c76)c5)cc4)c4ccc5oc6ccccc6c5c4)cc3)cccc2c1. The normalized spacial score (nSPS) is 11.8. The molecule has 0 fully saturated rings. The third-order valence-electron chi connectivity index (χ3n) is 10.7. The lowest BCUT2D eigenvalue weighted by Gasteiger charge is -2.26. The number of hydrogen-bond donors (Lipinski definition) is 0. The fourth-order valence-electron chi connectivity index (χ4n) is 8.10. The largest absolute Gasteiger partial charge is 0.456 e. The minimum atomic E-state index is 0.883. The molecule has 9 aromatic carbocycles. The van der Waals surface area contributed by atoms with E-state index in [2.05, 4.69) is 169 Å². The lowest BCUT2D eigenvalue weighted by atomic mass is 9.97. The molecule has 0 saturated carbocycles. The second-order valence-corrected chi connectivity index (χ2v) is 13.7. The van der Waals surface area contributed by atoms with E-state index in [-0.39, 0.29) is 0 Å². The molecule has 0 bridgehead atoms. The Morgan fingerprint density at radius 1 is 0.302 bits per heavy atom. The van der Waals surface area contributed by atoms with Gasteiger partial charge in [0.05, 0.1) is 0 Å². The first-order valence-electron chi connectivity index (χ1n) is 18.0. The summed E-state index contributed by atoms with van der Waals surface area (Å²) < 4.78 is 12.4. The Balaban J connectivity index is 1.01.